The monoisotopic (exact) mass is 251 g/mol. The number of aromatic nitrogens is 1. The lowest BCUT2D eigenvalue weighted by Gasteiger charge is -2.12. The van der Waals surface area contributed by atoms with Crippen LogP contribution >= 0.6 is 12.2 Å². The molecule has 1 aromatic heterocycles. The number of pyridine rings is 1. The Morgan fingerprint density at radius 1 is 1.22 bits per heavy atom. The summed E-state index contributed by atoms with van der Waals surface area (Å²) < 4.78 is 0. The predicted molar refractivity (Wildman–Crippen MR) is 80.8 cm³/mol. The molecule has 0 saturated carbocycles. The van der Waals surface area contributed by atoms with E-state index in [-0.39, 0.29) is 0 Å². The predicted octanol–water partition coefficient (Wildman–Crippen LogP) is 4.26. The average Bonchev–Trinajstić information content (AvgIpc) is 2.39. The van der Waals surface area contributed by atoms with Gasteiger partial charge in [0.2, 0.25) is 0 Å². The molecule has 3 rings (SSSR count). The van der Waals surface area contributed by atoms with Gasteiger partial charge in [0.05, 0.1) is 11.2 Å². The van der Waals surface area contributed by atoms with E-state index < -0.39 is 0 Å². The first-order valence-electron chi connectivity index (χ1n) is 6.02. The Morgan fingerprint density at radius 3 is 2.89 bits per heavy atom. The highest BCUT2D eigenvalue weighted by Crippen LogP contribution is 2.25. The topological polar surface area (TPSA) is 12.9 Å². The largest absolute Gasteiger partial charge is 0.248 e. The van der Waals surface area contributed by atoms with Crippen LogP contribution < -0.4 is 0 Å². The molecule has 18 heavy (non-hydrogen) atoms. The van der Waals surface area contributed by atoms with E-state index in [4.69, 9.17) is 17.2 Å². The highest BCUT2D eigenvalue weighted by molar-refractivity contribution is 7.81. The fourth-order valence-corrected chi connectivity index (χ4v) is 2.53. The second-order valence-electron chi connectivity index (χ2n) is 4.48. The molecule has 88 valence electrons. The maximum absolute atomic E-state index is 5.42. The van der Waals surface area contributed by atoms with Crippen molar-refractivity contribution in [3.63, 3.8) is 0 Å². The molecule has 0 radical (unpaired) electrons. The second-order valence-corrected chi connectivity index (χ2v) is 4.97. The molecule has 0 spiro atoms. The number of thiocarbonyl (C=S) groups is 1. The van der Waals surface area contributed by atoms with Gasteiger partial charge in [0.1, 0.15) is 0 Å². The number of benzene rings is 1. The number of aryl methyl sites for hydroxylation is 1. The number of nitrogens with zero attached hydrogens (tertiary/aromatic N) is 1. The maximum Gasteiger partial charge on any atom is 0.0723 e. The summed E-state index contributed by atoms with van der Waals surface area (Å²) in [6.45, 7) is 2.12. The van der Waals surface area contributed by atoms with E-state index in [1.54, 1.807) is 0 Å². The summed E-state index contributed by atoms with van der Waals surface area (Å²) in [5.74, 6) is 0. The molecule has 0 unspecified atom stereocenters. The van der Waals surface area contributed by atoms with Gasteiger partial charge in [-0.3, -0.25) is 0 Å². The molecule has 2 heteroatoms. The number of fused-ring (bicyclic) bond motifs is 1. The van der Waals surface area contributed by atoms with Crippen molar-refractivity contribution in [3.05, 3.63) is 59.8 Å². The smallest absolute Gasteiger partial charge is 0.0723 e. The number of para-hydroxylation sites is 1. The van der Waals surface area contributed by atoms with Crippen molar-refractivity contribution in [3.8, 4) is 0 Å². The molecule has 0 bridgehead atoms. The van der Waals surface area contributed by atoms with E-state index in [2.05, 4.69) is 37.3 Å². The molecule has 1 aromatic carbocycles. The normalized spacial score (nSPS) is 14.9. The molecule has 1 aliphatic rings. The van der Waals surface area contributed by atoms with E-state index in [1.165, 1.54) is 10.9 Å². The van der Waals surface area contributed by atoms with Crippen molar-refractivity contribution in [1.29, 1.82) is 0 Å². The van der Waals surface area contributed by atoms with Crippen molar-refractivity contribution in [1.82, 2.24) is 4.98 Å². The van der Waals surface area contributed by atoms with E-state index in [9.17, 15) is 0 Å². The lowest BCUT2D eigenvalue weighted by atomic mass is 9.99. The van der Waals surface area contributed by atoms with Gasteiger partial charge >= 0.3 is 0 Å². The summed E-state index contributed by atoms with van der Waals surface area (Å²) in [7, 11) is 0. The summed E-state index contributed by atoms with van der Waals surface area (Å²) in [5.41, 5.74) is 4.35. The zero-order valence-corrected chi connectivity index (χ0v) is 11.0. The first-order chi connectivity index (χ1) is 8.75. The van der Waals surface area contributed by atoms with Crippen LogP contribution in [0.1, 0.15) is 17.7 Å². The number of allylic oxidation sites excluding steroid dienone is 4. The van der Waals surface area contributed by atoms with Crippen molar-refractivity contribution >= 4 is 33.6 Å². The zero-order chi connectivity index (χ0) is 12.5. The quantitative estimate of drug-likeness (QED) is 0.702. The molecule has 1 aliphatic carbocycles. The van der Waals surface area contributed by atoms with Crippen LogP contribution in [0.3, 0.4) is 0 Å². The highest BCUT2D eigenvalue weighted by atomic mass is 32.1. The SMILES string of the molecule is Cc1cc(C2=CC=CCC2=S)nc2ccccc12. The van der Waals surface area contributed by atoms with E-state index in [0.29, 0.717) is 0 Å². The van der Waals surface area contributed by atoms with Gasteiger partial charge in [0.15, 0.2) is 0 Å². The van der Waals surface area contributed by atoms with Crippen LogP contribution in [-0.2, 0) is 0 Å². The first-order valence-corrected chi connectivity index (χ1v) is 6.43. The molecular formula is C16H13NS. The molecule has 0 fully saturated rings. The average molecular weight is 251 g/mol. The Morgan fingerprint density at radius 2 is 2.06 bits per heavy atom. The first kappa shape index (κ1) is 11.3. The third-order valence-electron chi connectivity index (χ3n) is 3.20. The molecule has 2 aromatic rings. The Labute approximate surface area is 112 Å². The van der Waals surface area contributed by atoms with E-state index in [0.717, 1.165) is 28.1 Å². The van der Waals surface area contributed by atoms with Gasteiger partial charge in [-0.1, -0.05) is 48.6 Å². The summed E-state index contributed by atoms with van der Waals surface area (Å²) in [6, 6.07) is 10.3. The van der Waals surface area contributed by atoms with Crippen molar-refractivity contribution in [2.75, 3.05) is 0 Å². The van der Waals surface area contributed by atoms with Crippen LogP contribution in [0.15, 0.2) is 48.6 Å². The fourth-order valence-electron chi connectivity index (χ4n) is 2.26. The second kappa shape index (κ2) is 4.46. The highest BCUT2D eigenvalue weighted by Gasteiger charge is 2.12. The summed E-state index contributed by atoms with van der Waals surface area (Å²) in [5, 5.41) is 1.21. The Balaban J connectivity index is 2.22. The summed E-state index contributed by atoms with van der Waals surface area (Å²) in [4.78, 5) is 5.69. The number of hydrogen-bond donors (Lipinski definition) is 0. The van der Waals surface area contributed by atoms with E-state index in [1.807, 2.05) is 18.2 Å². The van der Waals surface area contributed by atoms with Gasteiger partial charge in [0, 0.05) is 22.2 Å². The van der Waals surface area contributed by atoms with Gasteiger partial charge in [-0.15, -0.1) is 0 Å². The fraction of sp³-hybridized carbons (Fsp3) is 0.125. The van der Waals surface area contributed by atoms with Crippen LogP contribution in [0.25, 0.3) is 16.5 Å². The maximum atomic E-state index is 5.42. The van der Waals surface area contributed by atoms with Gasteiger partial charge < -0.3 is 0 Å². The lowest BCUT2D eigenvalue weighted by Crippen LogP contribution is -2.03. The molecule has 1 heterocycles. The van der Waals surface area contributed by atoms with Crippen LogP contribution in [0.4, 0.5) is 0 Å². The molecule has 0 atom stereocenters. The molecular weight excluding hydrogens is 238 g/mol. The van der Waals surface area contributed by atoms with E-state index >= 15 is 0 Å². The zero-order valence-electron chi connectivity index (χ0n) is 10.2. The number of rotatable bonds is 1. The molecule has 1 nitrogen and oxygen atoms in total. The Bertz CT molecular complexity index is 695. The lowest BCUT2D eigenvalue weighted by molar-refractivity contribution is 1.31. The minimum atomic E-state index is 0.842. The third kappa shape index (κ3) is 1.89. The van der Waals surface area contributed by atoms with Gasteiger partial charge in [-0.05, 0) is 24.6 Å². The summed E-state index contributed by atoms with van der Waals surface area (Å²) >= 11 is 5.42. The molecule has 0 amide bonds. The molecule has 0 saturated heterocycles. The number of hydrogen-bond acceptors (Lipinski definition) is 2. The molecule has 0 N–H and O–H groups in total. The van der Waals surface area contributed by atoms with Crippen LogP contribution in [0.2, 0.25) is 0 Å². The minimum Gasteiger partial charge on any atom is -0.248 e. The van der Waals surface area contributed by atoms with Crippen LogP contribution in [0.5, 0.6) is 0 Å². The van der Waals surface area contributed by atoms with Crippen LogP contribution in [0, 0.1) is 6.92 Å². The third-order valence-corrected chi connectivity index (χ3v) is 3.59. The Kier molecular flexibility index (Phi) is 2.80. The van der Waals surface area contributed by atoms with Gasteiger partial charge in [-0.2, -0.15) is 0 Å². The summed E-state index contributed by atoms with van der Waals surface area (Å²) in [6.07, 6.45) is 7.04. The minimum absolute atomic E-state index is 0.842. The van der Waals surface area contributed by atoms with Crippen molar-refractivity contribution < 1.29 is 0 Å². The standard InChI is InChI=1S/C16H13NS/c1-11-10-15(13-7-3-5-9-16(13)18)17-14-8-4-2-6-12(11)14/h2-8,10H,9H2,1H3. The van der Waals surface area contributed by atoms with Crippen molar-refractivity contribution in [2.45, 2.75) is 13.3 Å². The Hall–Kier alpha value is -1.80. The van der Waals surface area contributed by atoms with Gasteiger partial charge in [-0.25, -0.2) is 4.98 Å². The molecule has 0 aliphatic heterocycles. The van der Waals surface area contributed by atoms with Crippen molar-refractivity contribution in [2.24, 2.45) is 0 Å². The van der Waals surface area contributed by atoms with Crippen LogP contribution in [-0.4, -0.2) is 9.85 Å². The van der Waals surface area contributed by atoms with Gasteiger partial charge in [0.25, 0.3) is 0 Å².